The van der Waals surface area contributed by atoms with E-state index in [1.807, 2.05) is 18.2 Å². The summed E-state index contributed by atoms with van der Waals surface area (Å²) in [5.74, 6) is 1.63. The molecule has 0 bridgehead atoms. The van der Waals surface area contributed by atoms with Crippen molar-refractivity contribution in [2.45, 2.75) is 57.8 Å². The highest BCUT2D eigenvalue weighted by Crippen LogP contribution is 2.49. The molecule has 0 aliphatic heterocycles. The maximum absolute atomic E-state index is 13.0. The molecule has 1 aliphatic carbocycles. The number of sulfone groups is 1. The van der Waals surface area contributed by atoms with Gasteiger partial charge in [0.25, 0.3) is 0 Å². The summed E-state index contributed by atoms with van der Waals surface area (Å²) < 4.78 is 57.2. The first kappa shape index (κ1) is 30.1. The molecule has 42 heavy (non-hydrogen) atoms. The van der Waals surface area contributed by atoms with Crippen molar-refractivity contribution in [3.63, 3.8) is 0 Å². The molecule has 2 aromatic heterocycles. The van der Waals surface area contributed by atoms with Crippen LogP contribution >= 0.6 is 0 Å². The Kier molecular flexibility index (Phi) is 8.94. The predicted octanol–water partition coefficient (Wildman–Crippen LogP) is 7.16. The number of hydrogen-bond donors (Lipinski definition) is 1. The van der Waals surface area contributed by atoms with E-state index >= 15 is 0 Å². The molecular formula is C32H39N3O5S2. The van der Waals surface area contributed by atoms with Gasteiger partial charge in [-0.25, -0.2) is 21.8 Å². The van der Waals surface area contributed by atoms with E-state index in [1.54, 1.807) is 12.4 Å². The van der Waals surface area contributed by atoms with E-state index < -0.39 is 19.9 Å². The lowest BCUT2D eigenvalue weighted by molar-refractivity contribution is 0.592. The minimum Gasteiger partial charge on any atom is -0.455 e. The van der Waals surface area contributed by atoms with Gasteiger partial charge in [0.15, 0.2) is 0 Å². The zero-order valence-electron chi connectivity index (χ0n) is 24.5. The van der Waals surface area contributed by atoms with Gasteiger partial charge in [0, 0.05) is 48.0 Å². The maximum Gasteiger partial charge on any atom is 0.232 e. The van der Waals surface area contributed by atoms with Crippen molar-refractivity contribution in [2.24, 2.45) is 0 Å². The minimum absolute atomic E-state index is 0.0283. The standard InChI is InChI=1S/C32H39N3O5S2/c1-4-5-6-7-10-23-11-13-25(14-12-23)31-30(32-33-17-18-34-32)27-21-26(24-15-16-24)28(22-29(27)40-31)35(42(3,38)39)19-8-9-20-41(2,36)37/h7,10-14,17-18,21-22,24H,4-6,8-9,15-16,19-20H2,1-3H3,(H,33,34). The van der Waals surface area contributed by atoms with Gasteiger partial charge in [0.1, 0.15) is 27.0 Å². The molecule has 0 atom stereocenters. The van der Waals surface area contributed by atoms with Crippen LogP contribution in [-0.2, 0) is 19.9 Å². The molecule has 0 amide bonds. The third-order valence-corrected chi connectivity index (χ3v) is 9.80. The number of aromatic nitrogens is 2. The SMILES string of the molecule is CCCCC=Cc1ccc(-c2oc3cc(N(CCCCS(C)(=O)=O)S(C)(=O)=O)c(C4CC4)cc3c2-c2ncc[nH]2)cc1. The summed E-state index contributed by atoms with van der Waals surface area (Å²) >= 11 is 0. The Bertz CT molecular complexity index is 1770. The first-order valence-electron chi connectivity index (χ1n) is 14.6. The summed E-state index contributed by atoms with van der Waals surface area (Å²) in [4.78, 5) is 7.77. The third kappa shape index (κ3) is 7.15. The number of rotatable bonds is 14. The topological polar surface area (TPSA) is 113 Å². The molecule has 5 rings (SSSR count). The Morgan fingerprint density at radius 2 is 1.81 bits per heavy atom. The van der Waals surface area contributed by atoms with Crippen molar-refractivity contribution < 1.29 is 21.3 Å². The first-order valence-corrected chi connectivity index (χ1v) is 18.5. The van der Waals surface area contributed by atoms with E-state index in [9.17, 15) is 16.8 Å². The van der Waals surface area contributed by atoms with E-state index in [0.29, 0.717) is 35.7 Å². The second-order valence-corrected chi connectivity index (χ2v) is 15.4. The molecule has 1 aliphatic rings. The second kappa shape index (κ2) is 12.5. The Hall–Kier alpha value is -3.37. The second-order valence-electron chi connectivity index (χ2n) is 11.3. The van der Waals surface area contributed by atoms with E-state index in [1.165, 1.54) is 29.7 Å². The predicted molar refractivity (Wildman–Crippen MR) is 171 cm³/mol. The summed E-state index contributed by atoms with van der Waals surface area (Å²) in [6, 6.07) is 12.1. The summed E-state index contributed by atoms with van der Waals surface area (Å²) in [7, 11) is -6.75. The van der Waals surface area contributed by atoms with Gasteiger partial charge in [0.05, 0.1) is 17.5 Å². The summed E-state index contributed by atoms with van der Waals surface area (Å²) in [5.41, 5.74) is 4.99. The molecule has 8 nitrogen and oxygen atoms in total. The van der Waals surface area contributed by atoms with Gasteiger partial charge in [-0.2, -0.15) is 0 Å². The third-order valence-electron chi connectivity index (χ3n) is 7.59. The zero-order valence-corrected chi connectivity index (χ0v) is 26.1. The van der Waals surface area contributed by atoms with E-state index in [4.69, 9.17) is 4.42 Å². The van der Waals surface area contributed by atoms with Gasteiger partial charge in [-0.3, -0.25) is 4.31 Å². The van der Waals surface area contributed by atoms with Gasteiger partial charge in [-0.05, 0) is 55.2 Å². The van der Waals surface area contributed by atoms with Gasteiger partial charge >= 0.3 is 0 Å². The number of anilines is 1. The lowest BCUT2D eigenvalue weighted by Crippen LogP contribution is -2.32. The van der Waals surface area contributed by atoms with Crippen molar-refractivity contribution in [3.8, 4) is 22.7 Å². The molecule has 0 unspecified atom stereocenters. The molecule has 1 saturated carbocycles. The van der Waals surface area contributed by atoms with Crippen LogP contribution in [0.4, 0.5) is 5.69 Å². The van der Waals surface area contributed by atoms with Gasteiger partial charge in [-0.1, -0.05) is 56.2 Å². The van der Waals surface area contributed by atoms with E-state index in [0.717, 1.165) is 46.9 Å². The number of nitrogens with zero attached hydrogens (tertiary/aromatic N) is 2. The van der Waals surface area contributed by atoms with Crippen molar-refractivity contribution in [1.29, 1.82) is 0 Å². The summed E-state index contributed by atoms with van der Waals surface area (Å²) in [5, 5.41) is 0.875. The maximum atomic E-state index is 13.0. The van der Waals surface area contributed by atoms with Crippen LogP contribution in [0.1, 0.15) is 68.9 Å². The van der Waals surface area contributed by atoms with Crippen LogP contribution < -0.4 is 4.31 Å². The number of hydrogen-bond acceptors (Lipinski definition) is 6. The number of furan rings is 1. The quantitative estimate of drug-likeness (QED) is 0.152. The van der Waals surface area contributed by atoms with Crippen LogP contribution in [0.15, 0.2) is 59.3 Å². The normalized spacial score (nSPS) is 14.3. The van der Waals surface area contributed by atoms with E-state index in [2.05, 4.69) is 47.2 Å². The Labute approximate surface area is 248 Å². The van der Waals surface area contributed by atoms with Crippen molar-refractivity contribution in [1.82, 2.24) is 9.97 Å². The molecular weight excluding hydrogens is 571 g/mol. The zero-order chi connectivity index (χ0) is 29.9. The molecule has 2 heterocycles. The lowest BCUT2D eigenvalue weighted by Gasteiger charge is -2.25. The lowest BCUT2D eigenvalue weighted by atomic mass is 10.00. The number of H-pyrrole nitrogens is 1. The van der Waals surface area contributed by atoms with Crippen molar-refractivity contribution in [2.75, 3.05) is 29.1 Å². The average Bonchev–Trinajstić information content (AvgIpc) is 3.50. The van der Waals surface area contributed by atoms with Crippen LogP contribution in [0.25, 0.3) is 39.8 Å². The first-order chi connectivity index (χ1) is 20.0. The Morgan fingerprint density at radius 3 is 2.43 bits per heavy atom. The van der Waals surface area contributed by atoms with Crippen molar-refractivity contribution in [3.05, 3.63) is 66.0 Å². The van der Waals surface area contributed by atoms with Crippen LogP contribution in [-0.4, -0.2) is 51.6 Å². The van der Waals surface area contributed by atoms with Crippen LogP contribution in [0.2, 0.25) is 0 Å². The number of nitrogens with one attached hydrogen (secondary N) is 1. The number of benzene rings is 2. The largest absolute Gasteiger partial charge is 0.455 e. The number of fused-ring (bicyclic) bond motifs is 1. The highest BCUT2D eigenvalue weighted by atomic mass is 32.2. The molecule has 0 spiro atoms. The Balaban J connectivity index is 1.58. The molecule has 0 saturated heterocycles. The fraction of sp³-hybridized carbons (Fsp3) is 0.406. The molecule has 1 fully saturated rings. The number of sulfonamides is 1. The summed E-state index contributed by atoms with van der Waals surface area (Å²) in [6.07, 6.45) is 16.4. The number of aromatic amines is 1. The molecule has 1 N–H and O–H groups in total. The molecule has 224 valence electrons. The van der Waals surface area contributed by atoms with Crippen molar-refractivity contribution >= 4 is 42.6 Å². The molecule has 10 heteroatoms. The Morgan fingerprint density at radius 1 is 1.05 bits per heavy atom. The monoisotopic (exact) mass is 609 g/mol. The average molecular weight is 610 g/mol. The van der Waals surface area contributed by atoms with E-state index in [-0.39, 0.29) is 18.2 Å². The fourth-order valence-electron chi connectivity index (χ4n) is 5.30. The molecule has 0 radical (unpaired) electrons. The smallest absolute Gasteiger partial charge is 0.232 e. The number of imidazole rings is 1. The molecule has 4 aromatic rings. The van der Waals surface area contributed by atoms with Gasteiger partial charge in [-0.15, -0.1) is 0 Å². The fourth-order valence-corrected chi connectivity index (χ4v) is 7.00. The van der Waals surface area contributed by atoms with Crippen LogP contribution in [0.3, 0.4) is 0 Å². The number of unbranched alkanes of at least 4 members (excludes halogenated alkanes) is 3. The van der Waals surface area contributed by atoms with Gasteiger partial charge in [0.2, 0.25) is 10.0 Å². The highest BCUT2D eigenvalue weighted by Gasteiger charge is 2.32. The van der Waals surface area contributed by atoms with Gasteiger partial charge < -0.3 is 9.40 Å². The minimum atomic E-state index is -3.63. The highest BCUT2D eigenvalue weighted by molar-refractivity contribution is 7.92. The number of allylic oxidation sites excluding steroid dienone is 1. The molecule has 2 aromatic carbocycles. The van der Waals surface area contributed by atoms with Crippen LogP contribution in [0.5, 0.6) is 0 Å². The van der Waals surface area contributed by atoms with Crippen LogP contribution in [0, 0.1) is 0 Å². The summed E-state index contributed by atoms with van der Waals surface area (Å²) in [6.45, 7) is 2.38.